The van der Waals surface area contributed by atoms with Gasteiger partial charge in [0.2, 0.25) is 23.6 Å². The van der Waals surface area contributed by atoms with Crippen LogP contribution in [0.15, 0.2) is 36.4 Å². The molecule has 0 radical (unpaired) electrons. The van der Waals surface area contributed by atoms with E-state index >= 15 is 0 Å². The summed E-state index contributed by atoms with van der Waals surface area (Å²) in [6.45, 7) is 2.94. The van der Waals surface area contributed by atoms with E-state index in [1.165, 1.54) is 6.07 Å². The van der Waals surface area contributed by atoms with Gasteiger partial charge in [-0.1, -0.05) is 0 Å². The van der Waals surface area contributed by atoms with Crippen molar-refractivity contribution in [2.24, 2.45) is 0 Å². The molecule has 0 aliphatic carbocycles. The lowest BCUT2D eigenvalue weighted by atomic mass is 10.0. The van der Waals surface area contributed by atoms with Gasteiger partial charge in [-0.05, 0) is 49.2 Å². The number of Topliss-reactive ketones (excluding diaryl/α,β-unsaturated/α-hetero) is 2. The number of hydrogen-bond donors (Lipinski definition) is 3. The number of nitrogens with zero attached hydrogens (tertiary/aromatic N) is 3. The molecule has 8 amide bonds. The number of ketones is 2. The van der Waals surface area contributed by atoms with Gasteiger partial charge in [0, 0.05) is 70.4 Å². The topological polar surface area (TPSA) is 217 Å². The van der Waals surface area contributed by atoms with E-state index in [-0.39, 0.29) is 53.7 Å². The van der Waals surface area contributed by atoms with Gasteiger partial charge in [0.05, 0.1) is 22.3 Å². The van der Waals surface area contributed by atoms with Crippen molar-refractivity contribution in [3.05, 3.63) is 64.5 Å². The molecule has 2 aromatic carbocycles. The molecule has 0 bridgehead atoms. The molecule has 276 valence electrons. The average Bonchev–Trinajstić information content (AvgIpc) is 3.52. The molecule has 2 aromatic rings. The zero-order valence-corrected chi connectivity index (χ0v) is 28.4. The maximum absolute atomic E-state index is 13.2. The van der Waals surface area contributed by atoms with Crippen LogP contribution in [0.4, 0.5) is 10.1 Å². The Hall–Kier alpha value is -5.97. The van der Waals surface area contributed by atoms with E-state index in [9.17, 15) is 52.3 Å². The molecule has 6 aliphatic heterocycles. The summed E-state index contributed by atoms with van der Waals surface area (Å²) in [6.07, 6.45) is 2.77. The molecular formula is C36H35FN6O10. The highest BCUT2D eigenvalue weighted by Gasteiger charge is 2.46. The fourth-order valence-corrected chi connectivity index (χ4v) is 6.82. The Bertz CT molecular complexity index is 1960. The first-order valence-electron chi connectivity index (χ1n) is 17.2. The van der Waals surface area contributed by atoms with E-state index in [1.807, 2.05) is 4.90 Å². The lowest BCUT2D eigenvalue weighted by Crippen LogP contribution is -2.54. The van der Waals surface area contributed by atoms with Crippen LogP contribution < -0.4 is 20.9 Å². The molecule has 0 saturated carbocycles. The van der Waals surface area contributed by atoms with Crippen LogP contribution in [0.3, 0.4) is 0 Å². The van der Waals surface area contributed by atoms with Crippen molar-refractivity contribution in [1.29, 1.82) is 0 Å². The summed E-state index contributed by atoms with van der Waals surface area (Å²) >= 11 is 0. The van der Waals surface area contributed by atoms with Gasteiger partial charge in [0.1, 0.15) is 29.5 Å². The number of piperidine rings is 4. The number of carbonyl (C=O) groups is 10. The number of anilines is 1. The quantitative estimate of drug-likeness (QED) is 0.367. The zero-order valence-electron chi connectivity index (χ0n) is 28.4. The van der Waals surface area contributed by atoms with Gasteiger partial charge < -0.3 is 10.2 Å². The van der Waals surface area contributed by atoms with Crippen molar-refractivity contribution in [1.82, 2.24) is 25.8 Å². The predicted molar refractivity (Wildman–Crippen MR) is 180 cm³/mol. The molecule has 8 rings (SSSR count). The molecule has 16 nitrogen and oxygen atoms in total. The second-order valence-corrected chi connectivity index (χ2v) is 13.1. The number of rotatable bonds is 3. The summed E-state index contributed by atoms with van der Waals surface area (Å²) in [5.41, 5.74) is 1.31. The molecule has 6 heterocycles. The van der Waals surface area contributed by atoms with Crippen LogP contribution in [0.25, 0.3) is 0 Å². The summed E-state index contributed by atoms with van der Waals surface area (Å²) in [7, 11) is 0. The SMILES string of the molecule is O=C1CCC(N2C(=O)c3ccc(F)cc3C2=O)C(=O)N1.O=C1CCN(c2ccc3c(c2)C(=O)N(C2CCC(=O)NC2=O)C3=O)CC1.O=C1CCNCC1. The molecule has 3 N–H and O–H groups in total. The number of benzene rings is 2. The predicted octanol–water partition coefficient (Wildman–Crippen LogP) is 0.423. The van der Waals surface area contributed by atoms with Gasteiger partial charge in [-0.2, -0.15) is 0 Å². The van der Waals surface area contributed by atoms with Gasteiger partial charge in [0.15, 0.2) is 0 Å². The van der Waals surface area contributed by atoms with Gasteiger partial charge in [-0.3, -0.25) is 68.4 Å². The van der Waals surface area contributed by atoms with Crippen molar-refractivity contribution in [2.75, 3.05) is 31.1 Å². The highest BCUT2D eigenvalue weighted by Crippen LogP contribution is 2.32. The fraction of sp³-hybridized carbons (Fsp3) is 0.389. The second-order valence-electron chi connectivity index (χ2n) is 13.1. The largest absolute Gasteiger partial charge is 0.371 e. The highest BCUT2D eigenvalue weighted by molar-refractivity contribution is 6.24. The normalized spacial score (nSPS) is 22.8. The number of amides is 8. The molecule has 17 heteroatoms. The summed E-state index contributed by atoms with van der Waals surface area (Å²) < 4.78 is 13.2. The molecule has 4 fully saturated rings. The molecular weight excluding hydrogens is 695 g/mol. The molecule has 2 unspecified atom stereocenters. The van der Waals surface area contributed by atoms with Crippen LogP contribution in [0.5, 0.6) is 0 Å². The van der Waals surface area contributed by atoms with Crippen LogP contribution in [0.1, 0.15) is 92.8 Å². The third kappa shape index (κ3) is 7.65. The standard InChI is InChI=1S/C18H17N3O5.C13H9FN2O4.C5H9NO/c22-11-5-7-20(8-6-11)10-1-2-12-13(9-10)18(26)21(17(12)25)14-3-4-15(23)19-16(14)24;14-6-1-2-7-8(5-6)13(20)16(12(7)19)9-3-4-10(17)15-11(9)18;7-5-1-3-6-4-2-5/h1-2,9,14H,3-8H2,(H,19,23,24);1-2,5,9H,3-4H2,(H,15,17,18);6H,1-4H2. The number of fused-ring (bicyclic) bond motifs is 2. The minimum absolute atomic E-state index is 0.0537. The van der Waals surface area contributed by atoms with E-state index < -0.39 is 65.2 Å². The molecule has 2 atom stereocenters. The van der Waals surface area contributed by atoms with Gasteiger partial charge in [0.25, 0.3) is 23.6 Å². The Morgan fingerprint density at radius 1 is 0.528 bits per heavy atom. The van der Waals surface area contributed by atoms with Crippen LogP contribution in [0.2, 0.25) is 0 Å². The lowest BCUT2D eigenvalue weighted by Gasteiger charge is -2.28. The summed E-state index contributed by atoms with van der Waals surface area (Å²) in [4.78, 5) is 122. The molecule has 6 aliphatic rings. The maximum atomic E-state index is 13.2. The Morgan fingerprint density at radius 2 is 0.981 bits per heavy atom. The zero-order chi connectivity index (χ0) is 38.0. The van der Waals surface area contributed by atoms with E-state index in [1.54, 1.807) is 18.2 Å². The fourth-order valence-electron chi connectivity index (χ4n) is 6.82. The maximum Gasteiger partial charge on any atom is 0.262 e. The van der Waals surface area contributed by atoms with Crippen LogP contribution in [0, 0.1) is 5.82 Å². The van der Waals surface area contributed by atoms with Crippen LogP contribution in [-0.2, 0) is 28.8 Å². The third-order valence-corrected chi connectivity index (χ3v) is 9.67. The van der Waals surface area contributed by atoms with E-state index in [0.717, 1.165) is 53.6 Å². The van der Waals surface area contributed by atoms with Gasteiger partial charge in [-0.15, -0.1) is 0 Å². The third-order valence-electron chi connectivity index (χ3n) is 9.67. The van der Waals surface area contributed by atoms with Crippen molar-refractivity contribution in [3.8, 4) is 0 Å². The number of nitrogens with one attached hydrogen (secondary N) is 3. The average molecular weight is 731 g/mol. The Balaban J connectivity index is 0.000000157. The molecule has 53 heavy (non-hydrogen) atoms. The Morgan fingerprint density at radius 3 is 1.45 bits per heavy atom. The first kappa shape index (κ1) is 36.8. The monoisotopic (exact) mass is 730 g/mol. The minimum atomic E-state index is -1.02. The van der Waals surface area contributed by atoms with Crippen molar-refractivity contribution in [2.45, 2.75) is 63.5 Å². The first-order chi connectivity index (χ1) is 25.3. The molecule has 0 spiro atoms. The number of carbonyl (C=O) groups excluding carboxylic acids is 10. The van der Waals surface area contributed by atoms with Crippen molar-refractivity contribution in [3.63, 3.8) is 0 Å². The number of hydrogen-bond acceptors (Lipinski definition) is 12. The van der Waals surface area contributed by atoms with Crippen LogP contribution in [-0.4, -0.2) is 107 Å². The summed E-state index contributed by atoms with van der Waals surface area (Å²) in [5, 5.41) is 7.36. The van der Waals surface area contributed by atoms with E-state index in [4.69, 9.17) is 0 Å². The van der Waals surface area contributed by atoms with Gasteiger partial charge in [-0.25, -0.2) is 4.39 Å². The number of halogens is 1. The summed E-state index contributed by atoms with van der Waals surface area (Å²) in [6, 6.07) is 6.29. The number of imide groups is 4. The van der Waals surface area contributed by atoms with E-state index in [0.29, 0.717) is 31.7 Å². The van der Waals surface area contributed by atoms with E-state index in [2.05, 4.69) is 16.0 Å². The Kier molecular flexibility index (Phi) is 10.6. The second kappa shape index (κ2) is 15.3. The lowest BCUT2D eigenvalue weighted by molar-refractivity contribution is -0.137. The minimum Gasteiger partial charge on any atom is -0.371 e. The van der Waals surface area contributed by atoms with Crippen LogP contribution >= 0.6 is 0 Å². The Labute approximate surface area is 301 Å². The van der Waals surface area contributed by atoms with Gasteiger partial charge >= 0.3 is 0 Å². The smallest absolute Gasteiger partial charge is 0.262 e. The molecule has 4 saturated heterocycles. The first-order valence-corrected chi connectivity index (χ1v) is 17.2. The summed E-state index contributed by atoms with van der Waals surface area (Å²) in [5.74, 6) is -4.53. The highest BCUT2D eigenvalue weighted by atomic mass is 19.1. The van der Waals surface area contributed by atoms with Crippen molar-refractivity contribution < 1.29 is 52.3 Å². The molecule has 0 aromatic heterocycles. The van der Waals surface area contributed by atoms with Crippen molar-refractivity contribution >= 4 is 64.5 Å².